The molecule has 0 radical (unpaired) electrons. The molecule has 2 aromatic rings. The predicted octanol–water partition coefficient (Wildman–Crippen LogP) is 3.42. The Morgan fingerprint density at radius 2 is 1.70 bits per heavy atom. The van der Waals surface area contributed by atoms with E-state index in [1.807, 2.05) is 51.1 Å². The summed E-state index contributed by atoms with van der Waals surface area (Å²) < 4.78 is 22.9. The average molecular weight is 336 g/mol. The van der Waals surface area contributed by atoms with Crippen LogP contribution in [0.2, 0.25) is 0 Å². The maximum atomic E-state index is 12.8. The van der Waals surface area contributed by atoms with Crippen molar-refractivity contribution in [3.63, 3.8) is 0 Å². The monoisotopic (exact) mass is 336 g/mol. The Balaban J connectivity index is 2.75. The van der Waals surface area contributed by atoms with E-state index in [0.29, 0.717) is 5.56 Å². The fourth-order valence-electron chi connectivity index (χ4n) is 2.19. The number of hydrogen-bond donors (Lipinski definition) is 1. The third kappa shape index (κ3) is 3.29. The maximum Gasteiger partial charge on any atom is 0.379 e. The van der Waals surface area contributed by atoms with E-state index in [4.69, 9.17) is 9.05 Å². The molecule has 1 N–H and O–H groups in total. The van der Waals surface area contributed by atoms with Crippen molar-refractivity contribution in [1.29, 1.82) is 0 Å². The van der Waals surface area contributed by atoms with Crippen LogP contribution in [-0.4, -0.2) is 30.2 Å². The molecule has 0 bridgehead atoms. The van der Waals surface area contributed by atoms with Gasteiger partial charge < -0.3 is 9.05 Å². The largest absolute Gasteiger partial charge is 0.379 e. The van der Waals surface area contributed by atoms with Crippen LogP contribution in [0.25, 0.3) is 11.1 Å². The fraction of sp³-hybridized carbons (Fsp3) is 0.375. The zero-order valence-corrected chi connectivity index (χ0v) is 14.8. The number of Topliss-reactive ketones (excluding diaryl/α,β-unsaturated/α-hetero) is 1. The molecule has 0 fully saturated rings. The lowest BCUT2D eigenvalue weighted by molar-refractivity contribution is 0.0853. The van der Waals surface area contributed by atoms with E-state index in [0.717, 1.165) is 5.56 Å². The van der Waals surface area contributed by atoms with Crippen molar-refractivity contribution in [3.8, 4) is 11.1 Å². The molecule has 0 aliphatic heterocycles. The SMILES string of the molecule is COP(=O)(OC)c1[nH]nc(C(=O)C(C)(C)C)c1-c1ccccc1. The lowest BCUT2D eigenvalue weighted by Crippen LogP contribution is -2.22. The van der Waals surface area contributed by atoms with Crippen molar-refractivity contribution in [3.05, 3.63) is 36.0 Å². The summed E-state index contributed by atoms with van der Waals surface area (Å²) in [6.07, 6.45) is 0. The average Bonchev–Trinajstić information content (AvgIpc) is 2.98. The molecule has 23 heavy (non-hydrogen) atoms. The predicted molar refractivity (Wildman–Crippen MR) is 89.1 cm³/mol. The van der Waals surface area contributed by atoms with E-state index < -0.39 is 13.0 Å². The second kappa shape index (κ2) is 6.40. The molecule has 0 saturated carbocycles. The standard InChI is InChI=1S/C16H21N2O4P/c1-16(2,3)14(19)13-12(11-9-7-6-8-10-11)15(18-17-13)23(20,21-4)22-5/h6-10H,1-5H3,(H,17,18). The Hall–Kier alpha value is -1.75. The minimum atomic E-state index is -3.58. The van der Waals surface area contributed by atoms with Crippen LogP contribution in [0.3, 0.4) is 0 Å². The summed E-state index contributed by atoms with van der Waals surface area (Å²) in [6.45, 7) is 5.43. The van der Waals surface area contributed by atoms with Crippen molar-refractivity contribution in [2.75, 3.05) is 14.2 Å². The summed E-state index contributed by atoms with van der Waals surface area (Å²) in [6, 6.07) is 9.18. The van der Waals surface area contributed by atoms with Crippen LogP contribution < -0.4 is 5.44 Å². The molecule has 0 atom stereocenters. The Labute approximate surface area is 135 Å². The first-order chi connectivity index (χ1) is 10.7. The highest BCUT2D eigenvalue weighted by Crippen LogP contribution is 2.47. The van der Waals surface area contributed by atoms with E-state index in [-0.39, 0.29) is 16.9 Å². The van der Waals surface area contributed by atoms with Gasteiger partial charge in [0.15, 0.2) is 11.2 Å². The molecule has 6 nitrogen and oxygen atoms in total. The summed E-state index contributed by atoms with van der Waals surface area (Å²) in [5.41, 5.74) is 0.963. The Morgan fingerprint density at radius 1 is 1.13 bits per heavy atom. The molecule has 0 unspecified atom stereocenters. The summed E-state index contributed by atoms with van der Waals surface area (Å²) in [4.78, 5) is 12.7. The van der Waals surface area contributed by atoms with E-state index in [1.54, 1.807) is 0 Å². The van der Waals surface area contributed by atoms with Crippen LogP contribution in [-0.2, 0) is 13.6 Å². The molecule has 0 aliphatic rings. The first-order valence-corrected chi connectivity index (χ1v) is 8.69. The summed E-state index contributed by atoms with van der Waals surface area (Å²) in [7, 11) is -0.984. The third-order valence-corrected chi connectivity index (χ3v) is 5.29. The van der Waals surface area contributed by atoms with Gasteiger partial charge in [-0.2, -0.15) is 5.10 Å². The van der Waals surface area contributed by atoms with E-state index in [2.05, 4.69) is 10.2 Å². The number of nitrogens with zero attached hydrogens (tertiary/aromatic N) is 1. The van der Waals surface area contributed by atoms with Crippen LogP contribution >= 0.6 is 7.60 Å². The third-order valence-electron chi connectivity index (χ3n) is 3.46. The summed E-state index contributed by atoms with van der Waals surface area (Å²) in [5.74, 6) is -0.155. The fourth-order valence-corrected chi connectivity index (χ4v) is 3.38. The minimum absolute atomic E-state index is 0.155. The number of ketones is 1. The van der Waals surface area contributed by atoms with Gasteiger partial charge >= 0.3 is 7.60 Å². The molecular weight excluding hydrogens is 315 g/mol. The Bertz CT molecular complexity index is 739. The number of H-pyrrole nitrogens is 1. The molecule has 0 saturated heterocycles. The van der Waals surface area contributed by atoms with E-state index in [1.165, 1.54) is 14.2 Å². The lowest BCUT2D eigenvalue weighted by atomic mass is 9.87. The quantitative estimate of drug-likeness (QED) is 0.668. The van der Waals surface area contributed by atoms with Crippen LogP contribution in [0, 0.1) is 5.41 Å². The zero-order chi connectivity index (χ0) is 17.3. The second-order valence-electron chi connectivity index (χ2n) is 6.10. The number of rotatable bonds is 5. The number of aromatic amines is 1. The van der Waals surface area contributed by atoms with Crippen LogP contribution in [0.4, 0.5) is 0 Å². The van der Waals surface area contributed by atoms with Gasteiger partial charge in [-0.1, -0.05) is 51.1 Å². The van der Waals surface area contributed by atoms with Crippen LogP contribution in [0.1, 0.15) is 31.3 Å². The molecular formula is C16H21N2O4P. The smallest absolute Gasteiger partial charge is 0.308 e. The van der Waals surface area contributed by atoms with Crippen molar-refractivity contribution >= 4 is 18.8 Å². The van der Waals surface area contributed by atoms with Gasteiger partial charge in [-0.15, -0.1) is 0 Å². The van der Waals surface area contributed by atoms with Gasteiger partial charge in [0.1, 0.15) is 5.69 Å². The summed E-state index contributed by atoms with van der Waals surface area (Å²) in [5, 5.41) is 6.80. The van der Waals surface area contributed by atoms with Gasteiger partial charge in [0.05, 0.1) is 0 Å². The van der Waals surface area contributed by atoms with Crippen molar-refractivity contribution in [2.24, 2.45) is 5.41 Å². The molecule has 1 heterocycles. The van der Waals surface area contributed by atoms with Crippen molar-refractivity contribution in [1.82, 2.24) is 10.2 Å². The van der Waals surface area contributed by atoms with Crippen molar-refractivity contribution in [2.45, 2.75) is 20.8 Å². The number of carbonyl (C=O) groups excluding carboxylic acids is 1. The van der Waals surface area contributed by atoms with Gasteiger partial charge in [-0.05, 0) is 5.56 Å². The van der Waals surface area contributed by atoms with Gasteiger partial charge in [0, 0.05) is 25.2 Å². The molecule has 1 aromatic heterocycles. The molecule has 7 heteroatoms. The normalized spacial score (nSPS) is 12.4. The number of aromatic nitrogens is 2. The topological polar surface area (TPSA) is 81.3 Å². The summed E-state index contributed by atoms with van der Waals surface area (Å²) >= 11 is 0. The van der Waals surface area contributed by atoms with Crippen molar-refractivity contribution < 1.29 is 18.4 Å². The molecule has 0 spiro atoms. The van der Waals surface area contributed by atoms with Crippen LogP contribution in [0.5, 0.6) is 0 Å². The molecule has 124 valence electrons. The highest BCUT2D eigenvalue weighted by molar-refractivity contribution is 7.62. The first-order valence-electron chi connectivity index (χ1n) is 7.15. The van der Waals surface area contributed by atoms with Gasteiger partial charge in [-0.3, -0.25) is 14.5 Å². The van der Waals surface area contributed by atoms with Crippen LogP contribution in [0.15, 0.2) is 30.3 Å². The highest BCUT2D eigenvalue weighted by atomic mass is 31.2. The number of nitrogens with one attached hydrogen (secondary N) is 1. The first kappa shape index (κ1) is 17.6. The molecule has 2 rings (SSSR count). The van der Waals surface area contributed by atoms with Gasteiger partial charge in [-0.25, -0.2) is 0 Å². The van der Waals surface area contributed by atoms with Gasteiger partial charge in [0.25, 0.3) is 0 Å². The zero-order valence-electron chi connectivity index (χ0n) is 13.9. The Kier molecular flexibility index (Phi) is 4.90. The molecule has 1 aromatic carbocycles. The second-order valence-corrected chi connectivity index (χ2v) is 8.28. The lowest BCUT2D eigenvalue weighted by Gasteiger charge is -2.17. The van der Waals surface area contributed by atoms with Gasteiger partial charge in [0.2, 0.25) is 0 Å². The molecule has 0 aliphatic carbocycles. The minimum Gasteiger partial charge on any atom is -0.308 e. The molecule has 0 amide bonds. The van der Waals surface area contributed by atoms with E-state index in [9.17, 15) is 9.36 Å². The highest BCUT2D eigenvalue weighted by Gasteiger charge is 2.36. The van der Waals surface area contributed by atoms with E-state index >= 15 is 0 Å². The maximum absolute atomic E-state index is 12.8. The Morgan fingerprint density at radius 3 is 2.17 bits per heavy atom. The number of benzene rings is 1. The number of hydrogen-bond acceptors (Lipinski definition) is 5. The number of carbonyl (C=O) groups is 1.